The molecule has 29 heavy (non-hydrogen) atoms. The third-order valence-corrected chi connectivity index (χ3v) is 5.79. The minimum atomic E-state index is -0.744. The van der Waals surface area contributed by atoms with Crippen molar-refractivity contribution in [2.24, 2.45) is 16.6 Å². The van der Waals surface area contributed by atoms with Crippen LogP contribution in [0.2, 0.25) is 5.02 Å². The van der Waals surface area contributed by atoms with Crippen molar-refractivity contribution in [3.05, 3.63) is 46.1 Å². The number of thioether (sulfide) groups is 1. The highest BCUT2D eigenvalue weighted by atomic mass is 35.5. The summed E-state index contributed by atoms with van der Waals surface area (Å²) in [5.74, 6) is -1.91. The SMILES string of the molecule is CCOC(=O)C1=C(C(C)SCN)N=C(C)C(C(=O)OCC)C1c1cccc(Cl)c1. The second kappa shape index (κ2) is 10.8. The number of nitrogens with two attached hydrogens (primary N) is 1. The monoisotopic (exact) mass is 438 g/mol. The van der Waals surface area contributed by atoms with E-state index in [9.17, 15) is 9.59 Å². The quantitative estimate of drug-likeness (QED) is 0.488. The molecule has 2 rings (SSSR count). The maximum atomic E-state index is 13.0. The molecule has 1 aliphatic heterocycles. The van der Waals surface area contributed by atoms with E-state index in [1.54, 1.807) is 39.0 Å². The summed E-state index contributed by atoms with van der Waals surface area (Å²) in [5.41, 5.74) is 7.96. The van der Waals surface area contributed by atoms with Crippen LogP contribution >= 0.6 is 23.4 Å². The second-order valence-corrected chi connectivity index (χ2v) is 8.32. The molecule has 0 saturated heterocycles. The molecule has 6 nitrogen and oxygen atoms in total. The molecule has 1 aliphatic rings. The summed E-state index contributed by atoms with van der Waals surface area (Å²) in [4.78, 5) is 30.6. The highest BCUT2D eigenvalue weighted by Gasteiger charge is 2.44. The number of nitrogens with zero attached hydrogens (tertiary/aromatic N) is 1. The molecule has 158 valence electrons. The van der Waals surface area contributed by atoms with Crippen LogP contribution in [-0.4, -0.2) is 42.0 Å². The Labute approximate surface area is 180 Å². The lowest BCUT2D eigenvalue weighted by atomic mass is 9.75. The van der Waals surface area contributed by atoms with Crippen LogP contribution < -0.4 is 5.73 Å². The van der Waals surface area contributed by atoms with Crippen molar-refractivity contribution in [2.75, 3.05) is 19.1 Å². The molecule has 3 unspecified atom stereocenters. The summed E-state index contributed by atoms with van der Waals surface area (Å²) in [7, 11) is 0. The van der Waals surface area contributed by atoms with Crippen molar-refractivity contribution in [1.82, 2.24) is 0 Å². The summed E-state index contributed by atoms with van der Waals surface area (Å²) < 4.78 is 10.7. The molecule has 1 aromatic carbocycles. The van der Waals surface area contributed by atoms with E-state index in [1.807, 2.05) is 13.0 Å². The van der Waals surface area contributed by atoms with Crippen molar-refractivity contribution in [3.63, 3.8) is 0 Å². The van der Waals surface area contributed by atoms with Crippen LogP contribution in [0.25, 0.3) is 0 Å². The zero-order valence-corrected chi connectivity index (χ0v) is 18.7. The molecule has 0 radical (unpaired) electrons. The number of halogens is 1. The molecule has 0 bridgehead atoms. The van der Waals surface area contributed by atoms with Crippen molar-refractivity contribution in [1.29, 1.82) is 0 Å². The van der Waals surface area contributed by atoms with Crippen molar-refractivity contribution >= 4 is 41.0 Å². The molecule has 1 aromatic rings. The van der Waals surface area contributed by atoms with Gasteiger partial charge in [0.1, 0.15) is 5.92 Å². The third kappa shape index (κ3) is 5.41. The van der Waals surface area contributed by atoms with E-state index in [4.69, 9.17) is 26.8 Å². The van der Waals surface area contributed by atoms with E-state index in [2.05, 4.69) is 4.99 Å². The van der Waals surface area contributed by atoms with Gasteiger partial charge in [-0.05, 0) is 45.4 Å². The van der Waals surface area contributed by atoms with Gasteiger partial charge in [0.25, 0.3) is 0 Å². The molecule has 0 amide bonds. The average Bonchev–Trinajstić information content (AvgIpc) is 2.67. The molecule has 3 atom stereocenters. The van der Waals surface area contributed by atoms with Gasteiger partial charge in [0.2, 0.25) is 0 Å². The Morgan fingerprint density at radius 2 is 1.97 bits per heavy atom. The summed E-state index contributed by atoms with van der Waals surface area (Å²) in [5, 5.41) is 0.360. The summed E-state index contributed by atoms with van der Waals surface area (Å²) in [6, 6.07) is 7.14. The van der Waals surface area contributed by atoms with Gasteiger partial charge in [-0.25, -0.2) is 4.79 Å². The lowest BCUT2D eigenvalue weighted by Gasteiger charge is -2.33. The summed E-state index contributed by atoms with van der Waals surface area (Å²) in [6.07, 6.45) is 0. The van der Waals surface area contributed by atoms with Gasteiger partial charge >= 0.3 is 11.9 Å². The number of carbonyl (C=O) groups excluding carboxylic acids is 2. The van der Waals surface area contributed by atoms with Gasteiger partial charge in [0.15, 0.2) is 0 Å². The van der Waals surface area contributed by atoms with Crippen LogP contribution in [0.5, 0.6) is 0 Å². The third-order valence-electron chi connectivity index (χ3n) is 4.64. The minimum Gasteiger partial charge on any atom is -0.465 e. The average molecular weight is 439 g/mol. The first kappa shape index (κ1) is 23.4. The number of esters is 2. The highest BCUT2D eigenvalue weighted by molar-refractivity contribution is 8.00. The first-order valence-corrected chi connectivity index (χ1v) is 11.0. The Balaban J connectivity index is 2.75. The molecule has 1 heterocycles. The normalized spacial score (nSPS) is 20.1. The van der Waals surface area contributed by atoms with E-state index in [0.29, 0.717) is 27.9 Å². The largest absolute Gasteiger partial charge is 0.465 e. The molecule has 8 heteroatoms. The molecule has 0 saturated carbocycles. The second-order valence-electron chi connectivity index (χ2n) is 6.51. The molecule has 0 spiro atoms. The Hall–Kier alpha value is -1.83. The Kier molecular flexibility index (Phi) is 8.74. The van der Waals surface area contributed by atoms with Crippen LogP contribution in [0, 0.1) is 5.92 Å². The highest BCUT2D eigenvalue weighted by Crippen LogP contribution is 2.43. The number of carbonyl (C=O) groups is 2. The summed E-state index contributed by atoms with van der Waals surface area (Å²) >= 11 is 7.69. The molecule has 2 N–H and O–H groups in total. The number of rotatable bonds is 8. The standard InChI is InChI=1S/C21H27ClN2O4S/c1-5-27-20(25)16-12(3)24-19(13(4)29-11-23)18(21(26)28-6-2)17(16)14-8-7-9-15(22)10-14/h7-10,13,16-17H,5-6,11,23H2,1-4H3. The number of ether oxygens (including phenoxy) is 2. The van der Waals surface area contributed by atoms with Crippen LogP contribution in [0.3, 0.4) is 0 Å². The van der Waals surface area contributed by atoms with Gasteiger partial charge in [-0.2, -0.15) is 0 Å². The number of benzene rings is 1. The van der Waals surface area contributed by atoms with Crippen LogP contribution in [0.1, 0.15) is 39.2 Å². The molecular formula is C21H27ClN2O4S. The topological polar surface area (TPSA) is 91.0 Å². The fourth-order valence-corrected chi connectivity index (χ4v) is 4.28. The first-order valence-electron chi connectivity index (χ1n) is 9.55. The molecule has 0 fully saturated rings. The van der Waals surface area contributed by atoms with Crippen LogP contribution in [0.15, 0.2) is 40.5 Å². The molecular weight excluding hydrogens is 412 g/mol. The van der Waals surface area contributed by atoms with Gasteiger partial charge in [-0.1, -0.05) is 23.7 Å². The Bertz CT molecular complexity index is 825. The van der Waals surface area contributed by atoms with E-state index in [1.165, 1.54) is 11.8 Å². The zero-order chi connectivity index (χ0) is 21.6. The smallest absolute Gasteiger partial charge is 0.336 e. The number of aliphatic imine (C=N–C) groups is 1. The fourth-order valence-electron chi connectivity index (χ4n) is 3.46. The Morgan fingerprint density at radius 3 is 2.55 bits per heavy atom. The zero-order valence-electron chi connectivity index (χ0n) is 17.1. The lowest BCUT2D eigenvalue weighted by molar-refractivity contribution is -0.146. The summed E-state index contributed by atoms with van der Waals surface area (Å²) in [6.45, 7) is 7.64. The maximum Gasteiger partial charge on any atom is 0.336 e. The predicted octanol–water partition coefficient (Wildman–Crippen LogP) is 3.93. The van der Waals surface area contributed by atoms with Gasteiger partial charge in [0, 0.05) is 27.8 Å². The van der Waals surface area contributed by atoms with Crippen molar-refractivity contribution < 1.29 is 19.1 Å². The van der Waals surface area contributed by atoms with Gasteiger partial charge in [-0.15, -0.1) is 11.8 Å². The van der Waals surface area contributed by atoms with E-state index >= 15 is 0 Å². The predicted molar refractivity (Wildman–Crippen MR) is 117 cm³/mol. The van der Waals surface area contributed by atoms with Crippen LogP contribution in [0.4, 0.5) is 0 Å². The van der Waals surface area contributed by atoms with E-state index in [0.717, 1.165) is 5.56 Å². The number of hydrogen-bond acceptors (Lipinski definition) is 7. The lowest BCUT2D eigenvalue weighted by Crippen LogP contribution is -2.38. The van der Waals surface area contributed by atoms with Crippen molar-refractivity contribution in [3.8, 4) is 0 Å². The fraction of sp³-hybridized carbons (Fsp3) is 0.476. The number of hydrogen-bond donors (Lipinski definition) is 1. The van der Waals surface area contributed by atoms with Gasteiger partial charge < -0.3 is 15.2 Å². The first-order chi connectivity index (χ1) is 13.8. The maximum absolute atomic E-state index is 13.0. The molecule has 0 aliphatic carbocycles. The van der Waals surface area contributed by atoms with E-state index < -0.39 is 23.8 Å². The van der Waals surface area contributed by atoms with Crippen molar-refractivity contribution in [2.45, 2.75) is 38.9 Å². The van der Waals surface area contributed by atoms with Gasteiger partial charge in [0.05, 0.1) is 24.5 Å². The Morgan fingerprint density at radius 1 is 1.28 bits per heavy atom. The van der Waals surface area contributed by atoms with E-state index in [-0.39, 0.29) is 18.5 Å². The van der Waals surface area contributed by atoms with Crippen LogP contribution in [-0.2, 0) is 19.1 Å². The van der Waals surface area contributed by atoms with Gasteiger partial charge in [-0.3, -0.25) is 9.79 Å². The molecule has 0 aromatic heterocycles. The minimum absolute atomic E-state index is 0.154.